The molecule has 7 heteroatoms. The fraction of sp³-hybridized carbons (Fsp3) is 0.182. The van der Waals surface area contributed by atoms with E-state index in [1.165, 1.54) is 12.1 Å². The van der Waals surface area contributed by atoms with E-state index in [-0.39, 0.29) is 4.88 Å². The summed E-state index contributed by atoms with van der Waals surface area (Å²) in [6, 6.07) is 4.88. The molecule has 1 aromatic heterocycles. The monoisotopic (exact) mass is 277 g/mol. The Hall–Kier alpha value is -1.47. The van der Waals surface area contributed by atoms with E-state index in [4.69, 9.17) is 0 Å². The SMILES string of the molecule is OC(c1ccc(F)cc1)c1cnc(C(F)(F)F)s1. The summed E-state index contributed by atoms with van der Waals surface area (Å²) < 4.78 is 49.7. The van der Waals surface area contributed by atoms with Crippen LogP contribution in [0.3, 0.4) is 0 Å². The molecule has 2 aromatic rings. The summed E-state index contributed by atoms with van der Waals surface area (Å²) in [6.45, 7) is 0. The smallest absolute Gasteiger partial charge is 0.383 e. The number of aliphatic hydroxyl groups excluding tert-OH is 1. The van der Waals surface area contributed by atoms with Crippen LogP contribution in [0.15, 0.2) is 30.5 Å². The molecule has 1 atom stereocenters. The van der Waals surface area contributed by atoms with Crippen LogP contribution in [0.5, 0.6) is 0 Å². The Kier molecular flexibility index (Phi) is 3.36. The number of thiazole rings is 1. The quantitative estimate of drug-likeness (QED) is 0.854. The van der Waals surface area contributed by atoms with Crippen LogP contribution in [0, 0.1) is 5.82 Å². The van der Waals surface area contributed by atoms with E-state index >= 15 is 0 Å². The van der Waals surface area contributed by atoms with Gasteiger partial charge in [0.15, 0.2) is 5.01 Å². The molecule has 0 fully saturated rings. The summed E-state index contributed by atoms with van der Waals surface area (Å²) in [5.41, 5.74) is 0.314. The molecule has 0 saturated carbocycles. The molecule has 2 nitrogen and oxygen atoms in total. The predicted molar refractivity (Wildman–Crippen MR) is 57.6 cm³/mol. The Morgan fingerprint density at radius 2 is 1.78 bits per heavy atom. The van der Waals surface area contributed by atoms with Gasteiger partial charge in [-0.15, -0.1) is 11.3 Å². The van der Waals surface area contributed by atoms with Crippen molar-refractivity contribution in [2.75, 3.05) is 0 Å². The molecule has 0 amide bonds. The molecule has 0 aliphatic heterocycles. The summed E-state index contributed by atoms with van der Waals surface area (Å²) in [5, 5.41) is 8.83. The molecule has 1 heterocycles. The average molecular weight is 277 g/mol. The number of aliphatic hydroxyl groups is 1. The normalized spacial score (nSPS) is 13.6. The molecule has 0 aliphatic carbocycles. The molecule has 0 spiro atoms. The first kappa shape index (κ1) is 13.0. The van der Waals surface area contributed by atoms with Crippen LogP contribution < -0.4 is 0 Å². The van der Waals surface area contributed by atoms with Gasteiger partial charge in [0, 0.05) is 6.20 Å². The fourth-order valence-electron chi connectivity index (χ4n) is 1.35. The average Bonchev–Trinajstić information content (AvgIpc) is 2.78. The van der Waals surface area contributed by atoms with E-state index in [1.807, 2.05) is 0 Å². The molecular weight excluding hydrogens is 270 g/mol. The molecule has 18 heavy (non-hydrogen) atoms. The van der Waals surface area contributed by atoms with Crippen molar-refractivity contribution in [3.63, 3.8) is 0 Å². The van der Waals surface area contributed by atoms with Gasteiger partial charge in [0.1, 0.15) is 11.9 Å². The third-order valence-corrected chi connectivity index (χ3v) is 3.32. The van der Waals surface area contributed by atoms with Gasteiger partial charge in [-0.1, -0.05) is 12.1 Å². The summed E-state index contributed by atoms with van der Waals surface area (Å²) in [4.78, 5) is 3.27. The van der Waals surface area contributed by atoms with Crippen LogP contribution in [0.4, 0.5) is 17.6 Å². The zero-order valence-corrected chi connectivity index (χ0v) is 9.60. The molecule has 2 rings (SSSR count). The highest BCUT2D eigenvalue weighted by atomic mass is 32.1. The topological polar surface area (TPSA) is 33.1 Å². The number of hydrogen-bond acceptors (Lipinski definition) is 3. The largest absolute Gasteiger partial charge is 0.443 e. The maximum atomic E-state index is 12.7. The van der Waals surface area contributed by atoms with E-state index in [0.29, 0.717) is 16.9 Å². The van der Waals surface area contributed by atoms with Gasteiger partial charge in [0.2, 0.25) is 0 Å². The summed E-state index contributed by atoms with van der Waals surface area (Å²) in [6.07, 6.45) is -4.79. The number of benzene rings is 1. The summed E-state index contributed by atoms with van der Waals surface area (Å²) >= 11 is 0.367. The predicted octanol–water partition coefficient (Wildman–Crippen LogP) is 3.38. The number of halogens is 4. The first-order valence-electron chi connectivity index (χ1n) is 4.84. The van der Waals surface area contributed by atoms with E-state index in [9.17, 15) is 22.7 Å². The van der Waals surface area contributed by atoms with Crippen LogP contribution in [0.2, 0.25) is 0 Å². The Morgan fingerprint density at radius 3 is 2.28 bits per heavy atom. The lowest BCUT2D eigenvalue weighted by Crippen LogP contribution is -2.03. The summed E-state index contributed by atoms with van der Waals surface area (Å²) in [7, 11) is 0. The lowest BCUT2D eigenvalue weighted by Gasteiger charge is -2.07. The van der Waals surface area contributed by atoms with Crippen LogP contribution >= 0.6 is 11.3 Å². The number of rotatable bonds is 2. The molecule has 1 aromatic carbocycles. The Balaban J connectivity index is 2.26. The minimum Gasteiger partial charge on any atom is -0.383 e. The van der Waals surface area contributed by atoms with Crippen LogP contribution in [-0.2, 0) is 6.18 Å². The number of aromatic nitrogens is 1. The van der Waals surface area contributed by atoms with E-state index in [2.05, 4.69) is 4.98 Å². The van der Waals surface area contributed by atoms with Gasteiger partial charge >= 0.3 is 6.18 Å². The third-order valence-electron chi connectivity index (χ3n) is 2.22. The van der Waals surface area contributed by atoms with E-state index in [1.54, 1.807) is 0 Å². The van der Waals surface area contributed by atoms with Crippen molar-refractivity contribution in [3.05, 3.63) is 51.7 Å². The second-order valence-electron chi connectivity index (χ2n) is 3.52. The molecule has 0 radical (unpaired) electrons. The van der Waals surface area contributed by atoms with Crippen LogP contribution in [0.1, 0.15) is 21.6 Å². The van der Waals surface area contributed by atoms with Crippen molar-refractivity contribution in [3.8, 4) is 0 Å². The van der Waals surface area contributed by atoms with E-state index in [0.717, 1.165) is 18.3 Å². The second kappa shape index (κ2) is 4.66. The zero-order chi connectivity index (χ0) is 13.3. The summed E-state index contributed by atoms with van der Waals surface area (Å²) in [5.74, 6) is -0.480. The van der Waals surface area contributed by atoms with Crippen LogP contribution in [0.25, 0.3) is 0 Å². The molecular formula is C11H7F4NOS. The molecule has 0 saturated heterocycles. The minimum atomic E-state index is -4.52. The third kappa shape index (κ3) is 2.68. The van der Waals surface area contributed by atoms with Gasteiger partial charge < -0.3 is 5.11 Å². The van der Waals surface area contributed by atoms with Crippen molar-refractivity contribution in [1.82, 2.24) is 4.98 Å². The number of nitrogens with zero attached hydrogens (tertiary/aromatic N) is 1. The lowest BCUT2D eigenvalue weighted by molar-refractivity contribution is -0.137. The molecule has 96 valence electrons. The van der Waals surface area contributed by atoms with Crippen molar-refractivity contribution in [1.29, 1.82) is 0 Å². The van der Waals surface area contributed by atoms with Crippen molar-refractivity contribution in [2.24, 2.45) is 0 Å². The minimum absolute atomic E-state index is 0.0638. The van der Waals surface area contributed by atoms with Gasteiger partial charge in [-0.05, 0) is 17.7 Å². The zero-order valence-electron chi connectivity index (χ0n) is 8.78. The van der Waals surface area contributed by atoms with Gasteiger partial charge in [-0.2, -0.15) is 13.2 Å². The number of alkyl halides is 3. The Morgan fingerprint density at radius 1 is 1.17 bits per heavy atom. The lowest BCUT2D eigenvalue weighted by atomic mass is 10.1. The van der Waals surface area contributed by atoms with Gasteiger partial charge in [-0.25, -0.2) is 9.37 Å². The molecule has 1 unspecified atom stereocenters. The standard InChI is InChI=1S/C11H7F4NOS/c12-7-3-1-6(2-4-7)9(17)8-5-16-10(18-8)11(13,14)15/h1-5,9,17H. The van der Waals surface area contributed by atoms with Gasteiger partial charge in [0.05, 0.1) is 4.88 Å². The Labute approximate surface area is 104 Å². The maximum Gasteiger partial charge on any atom is 0.443 e. The highest BCUT2D eigenvalue weighted by Gasteiger charge is 2.35. The highest BCUT2D eigenvalue weighted by Crippen LogP contribution is 2.35. The van der Waals surface area contributed by atoms with Crippen molar-refractivity contribution < 1.29 is 22.7 Å². The fourth-order valence-corrected chi connectivity index (χ4v) is 2.15. The number of hydrogen-bond donors (Lipinski definition) is 1. The molecule has 0 bridgehead atoms. The van der Waals surface area contributed by atoms with Crippen LogP contribution in [-0.4, -0.2) is 10.1 Å². The van der Waals surface area contributed by atoms with Crippen molar-refractivity contribution in [2.45, 2.75) is 12.3 Å². The first-order valence-corrected chi connectivity index (χ1v) is 5.66. The van der Waals surface area contributed by atoms with Gasteiger partial charge in [0.25, 0.3) is 0 Å². The van der Waals surface area contributed by atoms with Gasteiger partial charge in [-0.3, -0.25) is 0 Å². The second-order valence-corrected chi connectivity index (χ2v) is 4.58. The van der Waals surface area contributed by atoms with E-state index < -0.39 is 23.1 Å². The maximum absolute atomic E-state index is 12.7. The first-order chi connectivity index (χ1) is 8.38. The Bertz CT molecular complexity index is 535. The highest BCUT2D eigenvalue weighted by molar-refractivity contribution is 7.11. The van der Waals surface area contributed by atoms with Crippen molar-refractivity contribution >= 4 is 11.3 Å². The molecule has 0 aliphatic rings. The molecule has 1 N–H and O–H groups in total.